The topological polar surface area (TPSA) is 47.0 Å². The highest BCUT2D eigenvalue weighted by atomic mass is 35.5. The number of hydrogen-bond donors (Lipinski definition) is 1. The Morgan fingerprint density at radius 2 is 2.16 bits per heavy atom. The van der Waals surface area contributed by atoms with E-state index in [1.807, 2.05) is 0 Å². The fourth-order valence-corrected chi connectivity index (χ4v) is 1.52. The maximum Gasteiger partial charge on any atom is 0.224 e. The van der Waals surface area contributed by atoms with Crippen LogP contribution in [0.3, 0.4) is 0 Å². The molecule has 1 aromatic carbocycles. The number of aromatic nitrogens is 2. The van der Waals surface area contributed by atoms with Crippen LogP contribution in [0.2, 0.25) is 5.02 Å². The van der Waals surface area contributed by atoms with Crippen molar-refractivity contribution in [1.82, 2.24) is 9.97 Å². The van der Waals surface area contributed by atoms with Gasteiger partial charge in [-0.1, -0.05) is 18.5 Å². The van der Waals surface area contributed by atoms with Crippen LogP contribution < -0.4 is 10.1 Å². The number of ether oxygens (including phenoxy) is 1. The summed E-state index contributed by atoms with van der Waals surface area (Å²) in [5, 5.41) is 3.17. The van der Waals surface area contributed by atoms with E-state index < -0.39 is 5.82 Å². The molecule has 2 aromatic rings. The molecule has 0 bridgehead atoms. The summed E-state index contributed by atoms with van der Waals surface area (Å²) in [6, 6.07) is 5.88. The molecule has 0 spiro atoms. The SMILES string of the molecule is CCCNc1cc(Oc2ccc(Cl)c(F)c2)ncn1. The minimum atomic E-state index is -0.530. The van der Waals surface area contributed by atoms with Crippen molar-refractivity contribution >= 4 is 17.4 Å². The molecular formula is C13H13ClFN3O. The molecule has 100 valence electrons. The first-order chi connectivity index (χ1) is 9.19. The second-order valence-corrected chi connectivity index (χ2v) is 4.25. The highest BCUT2D eigenvalue weighted by Crippen LogP contribution is 2.24. The second kappa shape index (κ2) is 6.33. The molecule has 1 N–H and O–H groups in total. The van der Waals surface area contributed by atoms with Crippen LogP contribution >= 0.6 is 11.6 Å². The molecule has 1 heterocycles. The smallest absolute Gasteiger partial charge is 0.224 e. The molecule has 2 rings (SSSR count). The minimum absolute atomic E-state index is 0.0559. The van der Waals surface area contributed by atoms with Gasteiger partial charge < -0.3 is 10.1 Å². The molecule has 0 saturated carbocycles. The molecule has 0 amide bonds. The number of nitrogens with one attached hydrogen (secondary N) is 1. The molecule has 19 heavy (non-hydrogen) atoms. The van der Waals surface area contributed by atoms with Gasteiger partial charge in [0.25, 0.3) is 0 Å². The number of anilines is 1. The highest BCUT2D eigenvalue weighted by molar-refractivity contribution is 6.30. The van der Waals surface area contributed by atoms with Crippen LogP contribution in [0, 0.1) is 5.82 Å². The summed E-state index contributed by atoms with van der Waals surface area (Å²) in [6.45, 7) is 2.87. The number of rotatable bonds is 5. The van der Waals surface area contributed by atoms with Crippen molar-refractivity contribution in [2.24, 2.45) is 0 Å². The molecule has 0 aliphatic heterocycles. The lowest BCUT2D eigenvalue weighted by Crippen LogP contribution is -2.02. The Hall–Kier alpha value is -1.88. The zero-order chi connectivity index (χ0) is 13.7. The predicted octanol–water partition coefficient (Wildman–Crippen LogP) is 3.88. The lowest BCUT2D eigenvalue weighted by molar-refractivity contribution is 0.457. The molecule has 0 radical (unpaired) electrons. The van der Waals surface area contributed by atoms with E-state index in [1.54, 1.807) is 12.1 Å². The standard InChI is InChI=1S/C13H13ClFN3O/c1-2-5-16-12-7-13(18-8-17-12)19-9-3-4-10(14)11(15)6-9/h3-4,6-8H,2,5H2,1H3,(H,16,17,18). The first-order valence-electron chi connectivity index (χ1n) is 5.88. The van der Waals surface area contributed by atoms with Gasteiger partial charge in [-0.2, -0.15) is 0 Å². The predicted molar refractivity (Wildman–Crippen MR) is 72.3 cm³/mol. The van der Waals surface area contributed by atoms with Gasteiger partial charge in [0.15, 0.2) is 0 Å². The highest BCUT2D eigenvalue weighted by Gasteiger charge is 2.05. The van der Waals surface area contributed by atoms with E-state index in [9.17, 15) is 4.39 Å². The van der Waals surface area contributed by atoms with Crippen LogP contribution in [0.5, 0.6) is 11.6 Å². The van der Waals surface area contributed by atoms with Crippen molar-refractivity contribution in [1.29, 1.82) is 0 Å². The lowest BCUT2D eigenvalue weighted by atomic mass is 10.3. The quantitative estimate of drug-likeness (QED) is 0.903. The fourth-order valence-electron chi connectivity index (χ4n) is 1.41. The third kappa shape index (κ3) is 3.79. The average Bonchev–Trinajstić information content (AvgIpc) is 2.41. The Morgan fingerprint density at radius 3 is 2.89 bits per heavy atom. The van der Waals surface area contributed by atoms with Crippen molar-refractivity contribution in [3.63, 3.8) is 0 Å². The molecule has 4 nitrogen and oxygen atoms in total. The van der Waals surface area contributed by atoms with E-state index in [2.05, 4.69) is 22.2 Å². The fraction of sp³-hybridized carbons (Fsp3) is 0.231. The first-order valence-corrected chi connectivity index (χ1v) is 6.25. The van der Waals surface area contributed by atoms with Crippen molar-refractivity contribution < 1.29 is 9.13 Å². The Kier molecular flexibility index (Phi) is 4.52. The van der Waals surface area contributed by atoms with Crippen LogP contribution in [0.4, 0.5) is 10.2 Å². The van der Waals surface area contributed by atoms with Crippen LogP contribution in [-0.4, -0.2) is 16.5 Å². The van der Waals surface area contributed by atoms with Gasteiger partial charge in [0.05, 0.1) is 5.02 Å². The van der Waals surface area contributed by atoms with Crippen molar-refractivity contribution in [3.05, 3.63) is 41.4 Å². The van der Waals surface area contributed by atoms with Gasteiger partial charge in [-0.15, -0.1) is 0 Å². The van der Waals surface area contributed by atoms with Gasteiger partial charge in [-0.3, -0.25) is 0 Å². The van der Waals surface area contributed by atoms with Crippen LogP contribution in [0.25, 0.3) is 0 Å². The van der Waals surface area contributed by atoms with Crippen LogP contribution in [-0.2, 0) is 0 Å². The average molecular weight is 282 g/mol. The number of hydrogen-bond acceptors (Lipinski definition) is 4. The van der Waals surface area contributed by atoms with E-state index >= 15 is 0 Å². The maximum atomic E-state index is 13.3. The summed E-state index contributed by atoms with van der Waals surface area (Å²) in [4.78, 5) is 8.02. The third-order valence-electron chi connectivity index (χ3n) is 2.31. The van der Waals surface area contributed by atoms with Crippen molar-refractivity contribution in [2.75, 3.05) is 11.9 Å². The number of benzene rings is 1. The van der Waals surface area contributed by atoms with E-state index in [-0.39, 0.29) is 5.02 Å². The Balaban J connectivity index is 2.11. The molecule has 0 saturated heterocycles. The molecule has 0 fully saturated rings. The summed E-state index contributed by atoms with van der Waals surface area (Å²) >= 11 is 5.60. The van der Waals surface area contributed by atoms with Crippen LogP contribution in [0.1, 0.15) is 13.3 Å². The van der Waals surface area contributed by atoms with Crippen molar-refractivity contribution in [3.8, 4) is 11.6 Å². The zero-order valence-corrected chi connectivity index (χ0v) is 11.1. The maximum absolute atomic E-state index is 13.3. The normalized spacial score (nSPS) is 10.3. The number of halogens is 2. The summed E-state index contributed by atoms with van der Waals surface area (Å²) in [7, 11) is 0. The molecule has 0 aliphatic rings. The Bertz CT molecular complexity index is 565. The van der Waals surface area contributed by atoms with Gasteiger partial charge in [-0.25, -0.2) is 14.4 Å². The van der Waals surface area contributed by atoms with Crippen LogP contribution in [0.15, 0.2) is 30.6 Å². The van der Waals surface area contributed by atoms with Crippen molar-refractivity contribution in [2.45, 2.75) is 13.3 Å². The summed E-state index contributed by atoms with van der Waals surface area (Å²) in [5.41, 5.74) is 0. The lowest BCUT2D eigenvalue weighted by Gasteiger charge is -2.07. The molecule has 0 aliphatic carbocycles. The van der Waals surface area contributed by atoms with Gasteiger partial charge >= 0.3 is 0 Å². The first kappa shape index (κ1) is 13.5. The summed E-state index contributed by atoms with van der Waals surface area (Å²) in [5.74, 6) is 0.816. The Morgan fingerprint density at radius 1 is 1.32 bits per heavy atom. The molecular weight excluding hydrogens is 269 g/mol. The summed E-state index contributed by atoms with van der Waals surface area (Å²) in [6.07, 6.45) is 2.38. The largest absolute Gasteiger partial charge is 0.439 e. The monoisotopic (exact) mass is 281 g/mol. The zero-order valence-electron chi connectivity index (χ0n) is 10.4. The summed E-state index contributed by atoms with van der Waals surface area (Å²) < 4.78 is 18.7. The van der Waals surface area contributed by atoms with E-state index in [1.165, 1.54) is 18.5 Å². The minimum Gasteiger partial charge on any atom is -0.439 e. The number of nitrogens with zero attached hydrogens (tertiary/aromatic N) is 2. The molecule has 0 unspecified atom stereocenters. The molecule has 0 atom stereocenters. The second-order valence-electron chi connectivity index (χ2n) is 3.85. The van der Waals surface area contributed by atoms with Gasteiger partial charge in [-0.05, 0) is 18.6 Å². The van der Waals surface area contributed by atoms with E-state index in [4.69, 9.17) is 16.3 Å². The third-order valence-corrected chi connectivity index (χ3v) is 2.62. The van der Waals surface area contributed by atoms with Gasteiger partial charge in [0.2, 0.25) is 5.88 Å². The molecule has 6 heteroatoms. The molecule has 1 aromatic heterocycles. The van der Waals surface area contributed by atoms with Gasteiger partial charge in [0, 0.05) is 18.7 Å². The van der Waals surface area contributed by atoms with Gasteiger partial charge in [0.1, 0.15) is 23.7 Å². The Labute approximate surface area is 115 Å². The van der Waals surface area contributed by atoms with E-state index in [0.29, 0.717) is 17.4 Å². The van der Waals surface area contributed by atoms with E-state index in [0.717, 1.165) is 13.0 Å².